The fourth-order valence-corrected chi connectivity index (χ4v) is 2.32. The number of benzene rings is 1. The van der Waals surface area contributed by atoms with E-state index >= 15 is 0 Å². The molecule has 0 aliphatic heterocycles. The molecule has 0 aromatic heterocycles. The van der Waals surface area contributed by atoms with Crippen molar-refractivity contribution in [2.24, 2.45) is 11.7 Å². The van der Waals surface area contributed by atoms with Gasteiger partial charge >= 0.3 is 0 Å². The first-order valence-corrected chi connectivity index (χ1v) is 7.03. The van der Waals surface area contributed by atoms with E-state index in [2.05, 4.69) is 5.32 Å². The zero-order valence-electron chi connectivity index (χ0n) is 12.1. The van der Waals surface area contributed by atoms with Crippen LogP contribution in [0.2, 0.25) is 0 Å². The molecule has 0 radical (unpaired) electrons. The maximum absolute atomic E-state index is 12.5. The number of aryl methyl sites for hydroxylation is 1. The lowest BCUT2D eigenvalue weighted by molar-refractivity contribution is -0.126. The molecule has 0 saturated heterocycles. The van der Waals surface area contributed by atoms with Crippen molar-refractivity contribution in [1.29, 1.82) is 0 Å². The van der Waals surface area contributed by atoms with E-state index in [1.165, 1.54) is 18.4 Å². The molecule has 1 amide bonds. The van der Waals surface area contributed by atoms with Gasteiger partial charge < -0.3 is 11.1 Å². The fraction of sp³-hybridized carbons (Fsp3) is 0.562. The van der Waals surface area contributed by atoms with Gasteiger partial charge in [-0.1, -0.05) is 29.8 Å². The van der Waals surface area contributed by atoms with Gasteiger partial charge in [-0.25, -0.2) is 0 Å². The molecule has 19 heavy (non-hydrogen) atoms. The van der Waals surface area contributed by atoms with Crippen LogP contribution in [0.5, 0.6) is 0 Å². The molecule has 1 unspecified atom stereocenters. The van der Waals surface area contributed by atoms with Crippen LogP contribution >= 0.6 is 0 Å². The first kappa shape index (κ1) is 14.1. The Morgan fingerprint density at radius 3 is 2.42 bits per heavy atom. The maximum atomic E-state index is 12.5. The molecule has 1 aromatic carbocycles. The molecule has 3 nitrogen and oxygen atoms in total. The predicted octanol–water partition coefficient (Wildman–Crippen LogP) is 2.13. The third-order valence-corrected chi connectivity index (χ3v) is 4.10. The van der Waals surface area contributed by atoms with Crippen LogP contribution in [-0.4, -0.2) is 18.5 Å². The van der Waals surface area contributed by atoms with Gasteiger partial charge in [-0.05, 0) is 45.1 Å². The predicted molar refractivity (Wildman–Crippen MR) is 77.9 cm³/mol. The molecular weight excluding hydrogens is 236 g/mol. The zero-order valence-corrected chi connectivity index (χ0v) is 12.1. The highest BCUT2D eigenvalue weighted by molar-refractivity contribution is 5.87. The minimum Gasteiger partial charge on any atom is -0.351 e. The molecule has 1 atom stereocenters. The van der Waals surface area contributed by atoms with E-state index in [4.69, 9.17) is 5.73 Å². The van der Waals surface area contributed by atoms with Crippen LogP contribution in [0, 0.1) is 12.8 Å². The molecule has 104 valence electrons. The molecular formula is C16H24N2O. The Hall–Kier alpha value is -1.35. The molecule has 1 fully saturated rings. The Balaban J connectivity index is 2.09. The van der Waals surface area contributed by atoms with Gasteiger partial charge in [0.1, 0.15) is 0 Å². The Morgan fingerprint density at radius 1 is 1.37 bits per heavy atom. The van der Waals surface area contributed by atoms with Gasteiger partial charge in [-0.2, -0.15) is 0 Å². The molecule has 0 heterocycles. The van der Waals surface area contributed by atoms with E-state index in [0.717, 1.165) is 5.56 Å². The quantitative estimate of drug-likeness (QED) is 0.852. The van der Waals surface area contributed by atoms with Crippen molar-refractivity contribution in [2.45, 2.75) is 45.1 Å². The summed E-state index contributed by atoms with van der Waals surface area (Å²) in [7, 11) is 0. The third-order valence-electron chi connectivity index (χ3n) is 4.10. The number of hydrogen-bond donors (Lipinski definition) is 2. The summed E-state index contributed by atoms with van der Waals surface area (Å²) in [6.07, 6.45) is 2.38. The second-order valence-electron chi connectivity index (χ2n) is 6.14. The molecule has 1 saturated carbocycles. The average Bonchev–Trinajstić information content (AvgIpc) is 3.20. The lowest BCUT2D eigenvalue weighted by atomic mass is 9.83. The number of carbonyl (C=O) groups excluding carboxylic acids is 1. The van der Waals surface area contributed by atoms with Crippen LogP contribution in [0.4, 0.5) is 0 Å². The zero-order chi connectivity index (χ0) is 14.0. The van der Waals surface area contributed by atoms with Crippen molar-refractivity contribution < 1.29 is 4.79 Å². The minimum absolute atomic E-state index is 0.0682. The van der Waals surface area contributed by atoms with Crippen LogP contribution in [0.15, 0.2) is 24.3 Å². The smallest absolute Gasteiger partial charge is 0.230 e. The normalized spacial score (nSPS) is 17.1. The summed E-state index contributed by atoms with van der Waals surface area (Å²) < 4.78 is 0. The number of nitrogens with two attached hydrogens (primary N) is 1. The lowest BCUT2D eigenvalue weighted by Crippen LogP contribution is -2.48. The highest BCUT2D eigenvalue weighted by Crippen LogP contribution is 2.33. The first-order chi connectivity index (χ1) is 8.95. The van der Waals surface area contributed by atoms with Crippen molar-refractivity contribution in [3.8, 4) is 0 Å². The van der Waals surface area contributed by atoms with E-state index < -0.39 is 5.41 Å². The van der Waals surface area contributed by atoms with Crippen LogP contribution in [-0.2, 0) is 10.2 Å². The lowest BCUT2D eigenvalue weighted by Gasteiger charge is -2.27. The summed E-state index contributed by atoms with van der Waals surface area (Å²) in [4.78, 5) is 12.5. The standard InChI is InChI=1S/C16H24N2O/c1-11-4-8-13(9-5-11)16(2,3)15(19)18-14(10-17)12-6-7-12/h4-5,8-9,12,14H,6-7,10,17H2,1-3H3,(H,18,19). The summed E-state index contributed by atoms with van der Waals surface area (Å²) in [6.45, 7) is 6.51. The van der Waals surface area contributed by atoms with Crippen LogP contribution in [0.1, 0.15) is 37.8 Å². The Labute approximate surface area is 115 Å². The molecule has 1 aliphatic rings. The number of nitrogens with one attached hydrogen (secondary N) is 1. The molecule has 0 bridgehead atoms. The van der Waals surface area contributed by atoms with Crippen molar-refractivity contribution in [3.05, 3.63) is 35.4 Å². The van der Waals surface area contributed by atoms with Gasteiger partial charge in [-0.3, -0.25) is 4.79 Å². The highest BCUT2D eigenvalue weighted by atomic mass is 16.2. The van der Waals surface area contributed by atoms with Crippen LogP contribution < -0.4 is 11.1 Å². The SMILES string of the molecule is Cc1ccc(C(C)(C)C(=O)NC(CN)C2CC2)cc1. The first-order valence-electron chi connectivity index (χ1n) is 7.03. The summed E-state index contributed by atoms with van der Waals surface area (Å²) in [5.74, 6) is 0.654. The summed E-state index contributed by atoms with van der Waals surface area (Å²) >= 11 is 0. The number of hydrogen-bond acceptors (Lipinski definition) is 2. The van der Waals surface area contributed by atoms with Gasteiger partial charge in [0.15, 0.2) is 0 Å². The van der Waals surface area contributed by atoms with E-state index in [1.807, 2.05) is 45.0 Å². The summed E-state index contributed by atoms with van der Waals surface area (Å²) in [6, 6.07) is 8.29. The maximum Gasteiger partial charge on any atom is 0.230 e. The Morgan fingerprint density at radius 2 is 1.95 bits per heavy atom. The van der Waals surface area contributed by atoms with Gasteiger partial charge in [0.05, 0.1) is 5.41 Å². The van der Waals surface area contributed by atoms with Crippen molar-refractivity contribution in [2.75, 3.05) is 6.54 Å². The Bertz CT molecular complexity index is 446. The largest absolute Gasteiger partial charge is 0.351 e. The minimum atomic E-state index is -0.518. The fourth-order valence-electron chi connectivity index (χ4n) is 2.32. The number of amides is 1. The van der Waals surface area contributed by atoms with Crippen LogP contribution in [0.3, 0.4) is 0 Å². The molecule has 1 aromatic rings. The van der Waals surface area contributed by atoms with Gasteiger partial charge in [-0.15, -0.1) is 0 Å². The summed E-state index contributed by atoms with van der Waals surface area (Å²) in [5.41, 5.74) is 7.48. The number of rotatable bonds is 5. The molecule has 0 spiro atoms. The molecule has 1 aliphatic carbocycles. The third kappa shape index (κ3) is 3.16. The van der Waals surface area contributed by atoms with Crippen molar-refractivity contribution in [3.63, 3.8) is 0 Å². The van der Waals surface area contributed by atoms with E-state index in [0.29, 0.717) is 12.5 Å². The van der Waals surface area contributed by atoms with Crippen molar-refractivity contribution in [1.82, 2.24) is 5.32 Å². The Kier molecular flexibility index (Phi) is 3.95. The highest BCUT2D eigenvalue weighted by Gasteiger charge is 2.36. The number of carbonyl (C=O) groups is 1. The molecule has 2 rings (SSSR count). The molecule has 3 heteroatoms. The average molecular weight is 260 g/mol. The van der Waals surface area contributed by atoms with Crippen LogP contribution in [0.25, 0.3) is 0 Å². The van der Waals surface area contributed by atoms with Gasteiger partial charge in [0.2, 0.25) is 5.91 Å². The monoisotopic (exact) mass is 260 g/mol. The van der Waals surface area contributed by atoms with E-state index in [-0.39, 0.29) is 11.9 Å². The second-order valence-corrected chi connectivity index (χ2v) is 6.14. The van der Waals surface area contributed by atoms with Crippen molar-refractivity contribution >= 4 is 5.91 Å². The topological polar surface area (TPSA) is 55.1 Å². The summed E-state index contributed by atoms with van der Waals surface area (Å²) in [5, 5.41) is 3.12. The van der Waals surface area contributed by atoms with E-state index in [1.54, 1.807) is 0 Å². The van der Waals surface area contributed by atoms with E-state index in [9.17, 15) is 4.79 Å². The van der Waals surface area contributed by atoms with Gasteiger partial charge in [0.25, 0.3) is 0 Å². The second kappa shape index (κ2) is 5.33. The van der Waals surface area contributed by atoms with Gasteiger partial charge in [0, 0.05) is 12.6 Å². The molecule has 3 N–H and O–H groups in total.